The van der Waals surface area contributed by atoms with Gasteiger partial charge in [0.2, 0.25) is 0 Å². The lowest BCUT2D eigenvalue weighted by atomic mass is 9.91. The molecule has 1 heterocycles. The minimum Gasteiger partial charge on any atom is -0.481 e. The van der Waals surface area contributed by atoms with E-state index in [0.717, 1.165) is 37.9 Å². The van der Waals surface area contributed by atoms with E-state index in [1.54, 1.807) is 0 Å². The zero-order chi connectivity index (χ0) is 16.0. The number of ether oxygens (including phenoxy) is 1. The van der Waals surface area contributed by atoms with Crippen molar-refractivity contribution in [3.05, 3.63) is 0 Å². The molecule has 0 bridgehead atoms. The molecule has 1 saturated heterocycles. The molecule has 1 N–H and O–H groups in total. The van der Waals surface area contributed by atoms with Crippen LogP contribution in [0.5, 0.6) is 0 Å². The number of aliphatic carboxylic acids is 1. The maximum Gasteiger partial charge on any atom is 0.303 e. The summed E-state index contributed by atoms with van der Waals surface area (Å²) in [4.78, 5) is 10.5. The summed E-state index contributed by atoms with van der Waals surface area (Å²) >= 11 is 2.08. The molecule has 2 atom stereocenters. The Morgan fingerprint density at radius 1 is 1.05 bits per heavy atom. The van der Waals surface area contributed by atoms with Gasteiger partial charge in [-0.25, -0.2) is 0 Å². The first-order valence-electron chi connectivity index (χ1n) is 9.11. The first-order valence-corrected chi connectivity index (χ1v) is 10.3. The maximum atomic E-state index is 10.5. The van der Waals surface area contributed by atoms with E-state index in [4.69, 9.17) is 9.84 Å². The van der Waals surface area contributed by atoms with Crippen LogP contribution < -0.4 is 0 Å². The molecule has 4 heteroatoms. The Labute approximate surface area is 140 Å². The SMILES string of the molecule is CCCCCCOCC1CSCC1CCCCCCC(=O)O. The molecule has 2 unspecified atom stereocenters. The largest absolute Gasteiger partial charge is 0.481 e. The summed E-state index contributed by atoms with van der Waals surface area (Å²) in [6, 6.07) is 0. The zero-order valence-corrected chi connectivity index (χ0v) is 15.0. The van der Waals surface area contributed by atoms with Crippen molar-refractivity contribution in [2.24, 2.45) is 11.8 Å². The van der Waals surface area contributed by atoms with Gasteiger partial charge in [-0.2, -0.15) is 11.8 Å². The molecule has 1 fully saturated rings. The number of rotatable bonds is 14. The summed E-state index contributed by atoms with van der Waals surface area (Å²) in [6.07, 6.45) is 11.1. The van der Waals surface area contributed by atoms with Gasteiger partial charge in [0.15, 0.2) is 0 Å². The number of carboxylic acids is 1. The molecule has 1 aliphatic rings. The summed E-state index contributed by atoms with van der Waals surface area (Å²) in [5.41, 5.74) is 0. The molecule has 22 heavy (non-hydrogen) atoms. The summed E-state index contributed by atoms with van der Waals surface area (Å²) in [6.45, 7) is 4.12. The highest BCUT2D eigenvalue weighted by Gasteiger charge is 2.27. The Bertz CT molecular complexity index is 284. The molecule has 0 aromatic rings. The fourth-order valence-corrected chi connectivity index (χ4v) is 4.60. The standard InChI is InChI=1S/C18H34O3S/c1-2-3-4-9-12-21-13-17-15-22-14-16(17)10-7-5-6-8-11-18(19)20/h16-17H,2-15H2,1H3,(H,19,20). The van der Waals surface area contributed by atoms with Crippen LogP contribution in [0.1, 0.15) is 71.1 Å². The van der Waals surface area contributed by atoms with Crippen LogP contribution in [-0.4, -0.2) is 35.8 Å². The van der Waals surface area contributed by atoms with E-state index in [0.29, 0.717) is 6.42 Å². The maximum absolute atomic E-state index is 10.5. The Morgan fingerprint density at radius 2 is 1.77 bits per heavy atom. The van der Waals surface area contributed by atoms with Gasteiger partial charge in [-0.3, -0.25) is 4.79 Å². The fourth-order valence-electron chi connectivity index (χ4n) is 3.05. The zero-order valence-electron chi connectivity index (χ0n) is 14.2. The summed E-state index contributed by atoms with van der Waals surface area (Å²) in [5.74, 6) is 3.45. The van der Waals surface area contributed by atoms with E-state index in [2.05, 4.69) is 18.7 Å². The normalized spacial score (nSPS) is 21.3. The highest BCUT2D eigenvalue weighted by molar-refractivity contribution is 7.99. The molecule has 3 nitrogen and oxygen atoms in total. The summed E-state index contributed by atoms with van der Waals surface area (Å²) < 4.78 is 5.89. The van der Waals surface area contributed by atoms with Crippen molar-refractivity contribution in [1.82, 2.24) is 0 Å². The third-order valence-electron chi connectivity index (χ3n) is 4.52. The molecule has 0 aromatic heterocycles. The smallest absolute Gasteiger partial charge is 0.303 e. The predicted molar refractivity (Wildman–Crippen MR) is 94.6 cm³/mol. The first-order chi connectivity index (χ1) is 10.7. The summed E-state index contributed by atoms with van der Waals surface area (Å²) in [5, 5.41) is 8.61. The van der Waals surface area contributed by atoms with E-state index < -0.39 is 5.97 Å². The molecule has 0 spiro atoms. The number of carbonyl (C=O) groups is 1. The van der Waals surface area contributed by atoms with Crippen molar-refractivity contribution in [3.63, 3.8) is 0 Å². The topological polar surface area (TPSA) is 46.5 Å². The van der Waals surface area contributed by atoms with Crippen LogP contribution in [0, 0.1) is 11.8 Å². The monoisotopic (exact) mass is 330 g/mol. The number of carboxylic acid groups (broad SMARTS) is 1. The first kappa shape index (κ1) is 19.8. The van der Waals surface area contributed by atoms with Crippen LogP contribution in [0.4, 0.5) is 0 Å². The van der Waals surface area contributed by atoms with Crippen LogP contribution in [-0.2, 0) is 9.53 Å². The van der Waals surface area contributed by atoms with Crippen LogP contribution in [0.3, 0.4) is 0 Å². The number of hydrogen-bond donors (Lipinski definition) is 1. The highest BCUT2D eigenvalue weighted by atomic mass is 32.2. The molecule has 1 rings (SSSR count). The Morgan fingerprint density at radius 3 is 2.55 bits per heavy atom. The third kappa shape index (κ3) is 9.73. The second-order valence-corrected chi connectivity index (χ2v) is 7.61. The number of hydrogen-bond acceptors (Lipinski definition) is 3. The van der Waals surface area contributed by atoms with Crippen molar-refractivity contribution in [2.45, 2.75) is 71.1 Å². The van der Waals surface area contributed by atoms with Crippen molar-refractivity contribution < 1.29 is 14.6 Å². The van der Waals surface area contributed by atoms with Crippen LogP contribution in [0.25, 0.3) is 0 Å². The van der Waals surface area contributed by atoms with Gasteiger partial charge in [0.05, 0.1) is 6.61 Å². The Kier molecular flexibility index (Phi) is 11.9. The lowest BCUT2D eigenvalue weighted by molar-refractivity contribution is -0.137. The molecule has 0 aliphatic carbocycles. The van der Waals surface area contributed by atoms with Crippen molar-refractivity contribution in [1.29, 1.82) is 0 Å². The molecule has 0 saturated carbocycles. The fraction of sp³-hybridized carbons (Fsp3) is 0.944. The van der Waals surface area contributed by atoms with Crippen LogP contribution >= 0.6 is 11.8 Å². The Balaban J connectivity index is 1.99. The third-order valence-corrected chi connectivity index (χ3v) is 5.85. The number of thioether (sulfide) groups is 1. The van der Waals surface area contributed by atoms with E-state index in [1.807, 2.05) is 0 Å². The lowest BCUT2D eigenvalue weighted by Crippen LogP contribution is -2.19. The van der Waals surface area contributed by atoms with Gasteiger partial charge in [-0.1, -0.05) is 45.4 Å². The van der Waals surface area contributed by atoms with Gasteiger partial charge in [0.1, 0.15) is 0 Å². The average molecular weight is 331 g/mol. The highest BCUT2D eigenvalue weighted by Crippen LogP contribution is 2.33. The molecule has 0 radical (unpaired) electrons. The molecular formula is C18H34O3S. The van der Waals surface area contributed by atoms with Gasteiger partial charge < -0.3 is 9.84 Å². The molecule has 130 valence electrons. The predicted octanol–water partition coefficient (Wildman–Crippen LogP) is 4.99. The lowest BCUT2D eigenvalue weighted by Gasteiger charge is -2.18. The molecule has 1 aliphatic heterocycles. The van der Waals surface area contributed by atoms with Gasteiger partial charge in [-0.05, 0) is 42.6 Å². The van der Waals surface area contributed by atoms with E-state index in [-0.39, 0.29) is 0 Å². The van der Waals surface area contributed by atoms with Crippen LogP contribution in [0.15, 0.2) is 0 Å². The Hall–Kier alpha value is -0.220. The van der Waals surface area contributed by atoms with Gasteiger partial charge >= 0.3 is 5.97 Å². The molecule has 0 amide bonds. The second-order valence-electron chi connectivity index (χ2n) is 6.54. The number of unbranched alkanes of at least 4 members (excludes halogenated alkanes) is 6. The van der Waals surface area contributed by atoms with Gasteiger partial charge in [0.25, 0.3) is 0 Å². The minimum absolute atomic E-state index is 0.327. The van der Waals surface area contributed by atoms with E-state index >= 15 is 0 Å². The van der Waals surface area contributed by atoms with Crippen molar-refractivity contribution >= 4 is 17.7 Å². The molecular weight excluding hydrogens is 296 g/mol. The van der Waals surface area contributed by atoms with Crippen LogP contribution in [0.2, 0.25) is 0 Å². The van der Waals surface area contributed by atoms with Gasteiger partial charge in [-0.15, -0.1) is 0 Å². The van der Waals surface area contributed by atoms with Gasteiger partial charge in [0, 0.05) is 13.0 Å². The average Bonchev–Trinajstić information content (AvgIpc) is 2.93. The second kappa shape index (κ2) is 13.2. The molecule has 0 aromatic carbocycles. The van der Waals surface area contributed by atoms with Crippen molar-refractivity contribution in [3.8, 4) is 0 Å². The van der Waals surface area contributed by atoms with E-state index in [9.17, 15) is 4.79 Å². The van der Waals surface area contributed by atoms with E-state index in [1.165, 1.54) is 56.5 Å². The van der Waals surface area contributed by atoms with Crippen molar-refractivity contribution in [2.75, 3.05) is 24.7 Å². The quantitative estimate of drug-likeness (QED) is 0.456. The summed E-state index contributed by atoms with van der Waals surface area (Å²) in [7, 11) is 0. The minimum atomic E-state index is -0.664.